The number of aromatic nitrogens is 1. The van der Waals surface area contributed by atoms with Gasteiger partial charge < -0.3 is 14.5 Å². The van der Waals surface area contributed by atoms with Gasteiger partial charge in [-0.15, -0.1) is 11.3 Å². The molecule has 57 heavy (non-hydrogen) atoms. The van der Waals surface area contributed by atoms with Gasteiger partial charge in [0.05, 0.1) is 23.2 Å². The second kappa shape index (κ2) is 18.1. The number of carbonyl (C=O) groups excluding carboxylic acids is 2. The predicted molar refractivity (Wildman–Crippen MR) is 216 cm³/mol. The van der Waals surface area contributed by atoms with Crippen molar-refractivity contribution in [2.24, 2.45) is 0 Å². The van der Waals surface area contributed by atoms with Gasteiger partial charge in [0.1, 0.15) is 17.3 Å². The minimum Gasteiger partial charge on any atom is -0.493 e. The van der Waals surface area contributed by atoms with Gasteiger partial charge in [0.15, 0.2) is 0 Å². The zero-order valence-electron chi connectivity index (χ0n) is 32.1. The van der Waals surface area contributed by atoms with Gasteiger partial charge in [-0.1, -0.05) is 93.3 Å². The fourth-order valence-corrected chi connectivity index (χ4v) is 9.00. The van der Waals surface area contributed by atoms with E-state index in [0.717, 1.165) is 84.5 Å². The highest BCUT2D eigenvalue weighted by Gasteiger charge is 2.34. The molecule has 0 bridgehead atoms. The molecule has 0 saturated carbocycles. The van der Waals surface area contributed by atoms with Crippen LogP contribution in [0.4, 0.5) is 17.6 Å². The van der Waals surface area contributed by atoms with Gasteiger partial charge >= 0.3 is 6.18 Å². The van der Waals surface area contributed by atoms with Gasteiger partial charge in [-0.05, 0) is 79.1 Å². The molecular weight excluding hydrogens is 751 g/mol. The first-order chi connectivity index (χ1) is 27.6. The Bertz CT molecular complexity index is 2140. The van der Waals surface area contributed by atoms with Crippen LogP contribution in [0.1, 0.15) is 114 Å². The highest BCUT2D eigenvalue weighted by atomic mass is 32.1. The number of hydrogen-bond acceptors (Lipinski definition) is 5. The Balaban J connectivity index is 1.07. The van der Waals surface area contributed by atoms with Crippen LogP contribution in [0.5, 0.6) is 5.75 Å². The molecular formula is C46H47F4N3O3S. The third-order valence-corrected chi connectivity index (χ3v) is 12.1. The Morgan fingerprint density at radius 1 is 0.842 bits per heavy atom. The first-order valence-corrected chi connectivity index (χ1v) is 20.8. The fraction of sp³-hybridized carbons (Fsp3) is 0.370. The Kier molecular flexibility index (Phi) is 12.7. The number of para-hydroxylation sites is 1. The van der Waals surface area contributed by atoms with E-state index < -0.39 is 11.7 Å². The molecule has 1 aromatic heterocycles. The normalized spacial score (nSPS) is 16.1. The van der Waals surface area contributed by atoms with Crippen molar-refractivity contribution in [3.63, 3.8) is 0 Å². The molecule has 0 spiro atoms. The van der Waals surface area contributed by atoms with Crippen molar-refractivity contribution in [2.75, 3.05) is 26.2 Å². The van der Waals surface area contributed by atoms with E-state index in [4.69, 9.17) is 9.72 Å². The molecule has 0 radical (unpaired) electrons. The molecule has 4 aromatic carbocycles. The van der Waals surface area contributed by atoms with E-state index in [2.05, 4.69) is 6.92 Å². The van der Waals surface area contributed by atoms with Crippen molar-refractivity contribution in [1.82, 2.24) is 14.8 Å². The van der Waals surface area contributed by atoms with Crippen molar-refractivity contribution < 1.29 is 31.9 Å². The van der Waals surface area contributed by atoms with Crippen LogP contribution in [-0.4, -0.2) is 52.8 Å². The molecule has 0 aliphatic carbocycles. The monoisotopic (exact) mass is 797 g/mol. The number of hydrogen-bond donors (Lipinski definition) is 0. The topological polar surface area (TPSA) is 62.7 Å². The number of fused-ring (bicyclic) bond motifs is 1. The molecule has 11 heteroatoms. The maximum atomic E-state index is 14.6. The number of thiazole rings is 1. The van der Waals surface area contributed by atoms with Crippen LogP contribution in [0.2, 0.25) is 0 Å². The van der Waals surface area contributed by atoms with Crippen molar-refractivity contribution in [1.29, 1.82) is 0 Å². The molecule has 1 unspecified atom stereocenters. The first-order valence-electron chi connectivity index (χ1n) is 20.0. The zero-order chi connectivity index (χ0) is 39.9. The minimum absolute atomic E-state index is 0.0820. The SMILES string of the molecule is CCCCCCCN(C(=O)c1csc(C2CCN(C(=O)c3ccccc3-c3ccc(C(F)(F)F)cc3)CC2)n1)C1CCCOc2c(-c3ccc(F)cc3)cccc21. The number of unbranched alkanes of at least 4 members (excludes halogenated alkanes) is 4. The third-order valence-electron chi connectivity index (χ3n) is 11.1. The lowest BCUT2D eigenvalue weighted by Crippen LogP contribution is -2.38. The molecule has 5 aromatic rings. The summed E-state index contributed by atoms with van der Waals surface area (Å²) in [6.07, 6.45) is 3.73. The van der Waals surface area contributed by atoms with Crippen molar-refractivity contribution in [2.45, 2.75) is 82.8 Å². The number of ether oxygens (including phenoxy) is 1. The molecule has 1 atom stereocenters. The van der Waals surface area contributed by atoms with E-state index in [-0.39, 0.29) is 29.6 Å². The summed E-state index contributed by atoms with van der Waals surface area (Å²) in [6, 6.07) is 24.1. The third kappa shape index (κ3) is 9.25. The van der Waals surface area contributed by atoms with Gasteiger partial charge in [0.25, 0.3) is 11.8 Å². The quantitative estimate of drug-likeness (QED) is 0.0932. The summed E-state index contributed by atoms with van der Waals surface area (Å²) in [5.74, 6) is 0.243. The number of piperidine rings is 1. The minimum atomic E-state index is -4.44. The molecule has 0 N–H and O–H groups in total. The average molecular weight is 798 g/mol. The molecule has 1 saturated heterocycles. The lowest BCUT2D eigenvalue weighted by molar-refractivity contribution is -0.137. The molecule has 2 aliphatic rings. The molecule has 1 fully saturated rings. The van der Waals surface area contributed by atoms with E-state index in [9.17, 15) is 27.2 Å². The lowest BCUT2D eigenvalue weighted by atomic mass is 9.94. The molecule has 3 heterocycles. The molecule has 6 nitrogen and oxygen atoms in total. The van der Waals surface area contributed by atoms with Gasteiger partial charge in [-0.2, -0.15) is 13.2 Å². The Labute approximate surface area is 335 Å². The average Bonchev–Trinajstić information content (AvgIpc) is 3.63. The van der Waals surface area contributed by atoms with Gasteiger partial charge in [-0.3, -0.25) is 9.59 Å². The number of halogens is 4. The van der Waals surface area contributed by atoms with Crippen LogP contribution >= 0.6 is 11.3 Å². The standard InChI is InChI=1S/C46H47F4N3O3S/c1-2-3-4-5-8-26-53(41-15-10-29-56-42-37(13-9-14-39(41)42)32-18-22-35(47)23-19-32)45(55)40-30-57-43(51-40)33-24-27-52(28-25-33)44(54)38-12-7-6-11-36(38)31-16-20-34(21-17-31)46(48,49)50/h6-7,9,11-14,16-23,30,33,41H,2-5,8,10,15,24-29H2,1H3. The number of carbonyl (C=O) groups is 2. The van der Waals surface area contributed by atoms with Crippen LogP contribution in [-0.2, 0) is 6.18 Å². The van der Waals surface area contributed by atoms with Crippen LogP contribution in [0.25, 0.3) is 22.3 Å². The lowest BCUT2D eigenvalue weighted by Gasteiger charge is -2.32. The van der Waals surface area contributed by atoms with Gasteiger partial charge in [0, 0.05) is 47.6 Å². The zero-order valence-corrected chi connectivity index (χ0v) is 32.9. The van der Waals surface area contributed by atoms with E-state index >= 15 is 0 Å². The predicted octanol–water partition coefficient (Wildman–Crippen LogP) is 12.0. The summed E-state index contributed by atoms with van der Waals surface area (Å²) in [6.45, 7) is 4.28. The maximum absolute atomic E-state index is 14.6. The Morgan fingerprint density at radius 3 is 2.26 bits per heavy atom. The van der Waals surface area contributed by atoms with Gasteiger partial charge in [0.2, 0.25) is 0 Å². The number of likely N-dealkylation sites (tertiary alicyclic amines) is 1. The summed E-state index contributed by atoms with van der Waals surface area (Å²) in [7, 11) is 0. The summed E-state index contributed by atoms with van der Waals surface area (Å²) in [4.78, 5) is 37.1. The summed E-state index contributed by atoms with van der Waals surface area (Å²) in [5, 5.41) is 2.74. The number of amides is 2. The second-order valence-corrected chi connectivity index (χ2v) is 15.8. The first kappa shape index (κ1) is 40.2. The maximum Gasteiger partial charge on any atom is 0.416 e. The van der Waals surface area contributed by atoms with Crippen LogP contribution in [0.15, 0.2) is 96.4 Å². The van der Waals surface area contributed by atoms with E-state index in [1.54, 1.807) is 41.3 Å². The molecule has 7 rings (SSSR count). The van der Waals surface area contributed by atoms with E-state index in [1.807, 2.05) is 28.5 Å². The van der Waals surface area contributed by atoms with Crippen LogP contribution < -0.4 is 4.74 Å². The van der Waals surface area contributed by atoms with E-state index in [0.29, 0.717) is 61.5 Å². The molecule has 2 amide bonds. The number of benzene rings is 4. The van der Waals surface area contributed by atoms with Crippen molar-refractivity contribution >= 4 is 23.2 Å². The number of nitrogens with zero attached hydrogens (tertiary/aromatic N) is 3. The van der Waals surface area contributed by atoms with Crippen LogP contribution in [0, 0.1) is 5.82 Å². The largest absolute Gasteiger partial charge is 0.493 e. The highest BCUT2D eigenvalue weighted by molar-refractivity contribution is 7.09. The van der Waals surface area contributed by atoms with Crippen LogP contribution in [0.3, 0.4) is 0 Å². The summed E-state index contributed by atoms with van der Waals surface area (Å²) >= 11 is 1.49. The Morgan fingerprint density at radius 2 is 1.53 bits per heavy atom. The Hall–Kier alpha value is -5.03. The summed E-state index contributed by atoms with van der Waals surface area (Å²) < 4.78 is 59.8. The van der Waals surface area contributed by atoms with Gasteiger partial charge in [-0.25, -0.2) is 9.37 Å². The number of rotatable bonds is 12. The van der Waals surface area contributed by atoms with Crippen molar-refractivity contribution in [3.05, 3.63) is 130 Å². The molecule has 2 aliphatic heterocycles. The molecule has 298 valence electrons. The van der Waals surface area contributed by atoms with E-state index in [1.165, 1.54) is 35.6 Å². The fourth-order valence-electron chi connectivity index (χ4n) is 8.03. The smallest absolute Gasteiger partial charge is 0.416 e. The van der Waals surface area contributed by atoms with Crippen molar-refractivity contribution in [3.8, 4) is 28.0 Å². The highest BCUT2D eigenvalue weighted by Crippen LogP contribution is 2.43. The summed E-state index contributed by atoms with van der Waals surface area (Å²) in [5.41, 5.74) is 3.95. The second-order valence-electron chi connectivity index (χ2n) is 14.9. The number of alkyl halides is 3.